The fourth-order valence-corrected chi connectivity index (χ4v) is 1.60. The maximum Gasteiger partial charge on any atom is 0.258 e. The van der Waals surface area contributed by atoms with E-state index in [0.717, 1.165) is 18.8 Å². The van der Waals surface area contributed by atoms with Gasteiger partial charge in [0.05, 0.1) is 11.9 Å². The molecule has 1 heterocycles. The SMILES string of the molecule is CC(C)CNCc1ccc(OCC(=O)NC(C)C)cn1. The third-order valence-electron chi connectivity index (χ3n) is 2.48. The van der Waals surface area contributed by atoms with Gasteiger partial charge in [0, 0.05) is 12.6 Å². The molecule has 0 fully saturated rings. The molecule has 1 aromatic heterocycles. The second kappa shape index (κ2) is 8.53. The molecular weight excluding hydrogens is 254 g/mol. The molecule has 0 aromatic carbocycles. The Kier molecular flexibility index (Phi) is 7.01. The zero-order valence-electron chi connectivity index (χ0n) is 12.8. The average molecular weight is 279 g/mol. The van der Waals surface area contributed by atoms with Crippen LogP contribution in [-0.4, -0.2) is 30.1 Å². The minimum atomic E-state index is -0.123. The Balaban J connectivity index is 2.33. The minimum Gasteiger partial charge on any atom is -0.482 e. The van der Waals surface area contributed by atoms with E-state index >= 15 is 0 Å². The van der Waals surface area contributed by atoms with E-state index in [1.54, 1.807) is 6.20 Å². The van der Waals surface area contributed by atoms with Crippen molar-refractivity contribution in [3.05, 3.63) is 24.0 Å². The summed E-state index contributed by atoms with van der Waals surface area (Å²) < 4.78 is 5.37. The van der Waals surface area contributed by atoms with E-state index in [1.807, 2.05) is 26.0 Å². The van der Waals surface area contributed by atoms with Crippen molar-refractivity contribution in [2.75, 3.05) is 13.2 Å². The number of rotatable bonds is 8. The molecular formula is C15H25N3O2. The summed E-state index contributed by atoms with van der Waals surface area (Å²) in [5.74, 6) is 1.11. The fourth-order valence-electron chi connectivity index (χ4n) is 1.60. The molecule has 20 heavy (non-hydrogen) atoms. The van der Waals surface area contributed by atoms with Gasteiger partial charge in [0.25, 0.3) is 5.91 Å². The first kappa shape index (κ1) is 16.4. The van der Waals surface area contributed by atoms with Gasteiger partial charge in [-0.25, -0.2) is 0 Å². The molecule has 5 heteroatoms. The van der Waals surface area contributed by atoms with Crippen LogP contribution in [0.4, 0.5) is 0 Å². The van der Waals surface area contributed by atoms with Gasteiger partial charge in [0.1, 0.15) is 5.75 Å². The summed E-state index contributed by atoms with van der Waals surface area (Å²) in [5.41, 5.74) is 0.963. The highest BCUT2D eigenvalue weighted by Gasteiger charge is 2.04. The zero-order valence-corrected chi connectivity index (χ0v) is 12.8. The van der Waals surface area contributed by atoms with Gasteiger partial charge < -0.3 is 15.4 Å². The van der Waals surface area contributed by atoms with E-state index in [4.69, 9.17) is 4.74 Å². The molecule has 1 aromatic rings. The van der Waals surface area contributed by atoms with E-state index in [-0.39, 0.29) is 18.6 Å². The van der Waals surface area contributed by atoms with Crippen LogP contribution < -0.4 is 15.4 Å². The average Bonchev–Trinajstić information content (AvgIpc) is 2.36. The molecule has 0 aliphatic carbocycles. The molecule has 0 radical (unpaired) electrons. The number of pyridine rings is 1. The van der Waals surface area contributed by atoms with Crippen LogP contribution in [0, 0.1) is 5.92 Å². The first-order valence-corrected chi connectivity index (χ1v) is 7.05. The molecule has 1 rings (SSSR count). The highest BCUT2D eigenvalue weighted by molar-refractivity contribution is 5.77. The molecule has 0 spiro atoms. The Hall–Kier alpha value is -1.62. The Morgan fingerprint density at radius 1 is 1.30 bits per heavy atom. The largest absolute Gasteiger partial charge is 0.482 e. The smallest absolute Gasteiger partial charge is 0.258 e. The van der Waals surface area contributed by atoms with Gasteiger partial charge in [-0.05, 0) is 38.4 Å². The number of amides is 1. The van der Waals surface area contributed by atoms with E-state index in [9.17, 15) is 4.79 Å². The van der Waals surface area contributed by atoms with Crippen LogP contribution in [0.25, 0.3) is 0 Å². The van der Waals surface area contributed by atoms with Crippen molar-refractivity contribution in [1.29, 1.82) is 0 Å². The van der Waals surface area contributed by atoms with Gasteiger partial charge in [-0.2, -0.15) is 0 Å². The van der Waals surface area contributed by atoms with Crippen LogP contribution in [0.3, 0.4) is 0 Å². The lowest BCUT2D eigenvalue weighted by Crippen LogP contribution is -2.34. The Morgan fingerprint density at radius 2 is 2.05 bits per heavy atom. The number of carbonyl (C=O) groups excluding carboxylic acids is 1. The van der Waals surface area contributed by atoms with Crippen LogP contribution in [0.15, 0.2) is 18.3 Å². The Morgan fingerprint density at radius 3 is 2.60 bits per heavy atom. The molecule has 112 valence electrons. The molecule has 0 aliphatic heterocycles. The minimum absolute atomic E-state index is 0.0187. The molecule has 2 N–H and O–H groups in total. The van der Waals surface area contributed by atoms with Crippen LogP contribution in [0.1, 0.15) is 33.4 Å². The molecule has 0 atom stereocenters. The van der Waals surface area contributed by atoms with E-state index < -0.39 is 0 Å². The summed E-state index contributed by atoms with van der Waals surface area (Å²) in [6.07, 6.45) is 1.65. The van der Waals surface area contributed by atoms with Crippen molar-refractivity contribution < 1.29 is 9.53 Å². The van der Waals surface area contributed by atoms with Gasteiger partial charge >= 0.3 is 0 Å². The van der Waals surface area contributed by atoms with Crippen molar-refractivity contribution >= 4 is 5.91 Å². The number of ether oxygens (including phenoxy) is 1. The first-order valence-electron chi connectivity index (χ1n) is 7.05. The van der Waals surface area contributed by atoms with Gasteiger partial charge in [-0.15, -0.1) is 0 Å². The predicted molar refractivity (Wildman–Crippen MR) is 79.6 cm³/mol. The number of hydrogen-bond donors (Lipinski definition) is 2. The molecule has 0 saturated carbocycles. The lowest BCUT2D eigenvalue weighted by molar-refractivity contribution is -0.123. The lowest BCUT2D eigenvalue weighted by atomic mass is 10.2. The highest BCUT2D eigenvalue weighted by Crippen LogP contribution is 2.09. The number of nitrogens with zero attached hydrogens (tertiary/aromatic N) is 1. The summed E-state index contributed by atoms with van der Waals surface area (Å²) in [6.45, 7) is 9.89. The van der Waals surface area contributed by atoms with Crippen LogP contribution >= 0.6 is 0 Å². The van der Waals surface area contributed by atoms with Gasteiger partial charge in [-0.3, -0.25) is 9.78 Å². The second-order valence-electron chi connectivity index (χ2n) is 5.52. The van der Waals surface area contributed by atoms with Crippen molar-refractivity contribution in [2.24, 2.45) is 5.92 Å². The summed E-state index contributed by atoms with van der Waals surface area (Å²) >= 11 is 0. The molecule has 0 bridgehead atoms. The molecule has 0 unspecified atom stereocenters. The molecule has 5 nitrogen and oxygen atoms in total. The number of hydrogen-bond acceptors (Lipinski definition) is 4. The second-order valence-corrected chi connectivity index (χ2v) is 5.52. The number of nitrogens with one attached hydrogen (secondary N) is 2. The van der Waals surface area contributed by atoms with Crippen molar-refractivity contribution in [1.82, 2.24) is 15.6 Å². The monoisotopic (exact) mass is 279 g/mol. The maximum absolute atomic E-state index is 11.4. The first-order chi connectivity index (χ1) is 9.47. The van der Waals surface area contributed by atoms with E-state index in [0.29, 0.717) is 11.7 Å². The van der Waals surface area contributed by atoms with Gasteiger partial charge in [0.15, 0.2) is 6.61 Å². The third kappa shape index (κ3) is 7.09. The summed E-state index contributed by atoms with van der Waals surface area (Å²) in [4.78, 5) is 15.7. The van der Waals surface area contributed by atoms with Gasteiger partial charge in [0.2, 0.25) is 0 Å². The molecule has 1 amide bonds. The normalized spacial score (nSPS) is 10.9. The van der Waals surface area contributed by atoms with Crippen molar-refractivity contribution in [2.45, 2.75) is 40.3 Å². The molecule has 0 saturated heterocycles. The van der Waals surface area contributed by atoms with Crippen molar-refractivity contribution in [3.63, 3.8) is 0 Å². The van der Waals surface area contributed by atoms with Gasteiger partial charge in [-0.1, -0.05) is 13.8 Å². The number of aromatic nitrogens is 1. The van der Waals surface area contributed by atoms with Crippen molar-refractivity contribution in [3.8, 4) is 5.75 Å². The standard InChI is InChI=1S/C15H25N3O2/c1-11(2)7-16-8-13-5-6-14(9-17-13)20-10-15(19)18-12(3)4/h5-6,9,11-12,16H,7-8,10H2,1-4H3,(H,18,19). The topological polar surface area (TPSA) is 63.2 Å². The molecule has 0 aliphatic rings. The fraction of sp³-hybridized carbons (Fsp3) is 0.600. The summed E-state index contributed by atoms with van der Waals surface area (Å²) in [7, 11) is 0. The Bertz CT molecular complexity index is 402. The maximum atomic E-state index is 11.4. The highest BCUT2D eigenvalue weighted by atomic mass is 16.5. The Labute approximate surface area is 121 Å². The number of carbonyl (C=O) groups is 1. The van der Waals surface area contributed by atoms with Crippen LogP contribution in [0.2, 0.25) is 0 Å². The zero-order chi connectivity index (χ0) is 15.0. The van der Waals surface area contributed by atoms with Crippen LogP contribution in [-0.2, 0) is 11.3 Å². The summed E-state index contributed by atoms with van der Waals surface area (Å²) in [6, 6.07) is 3.86. The quantitative estimate of drug-likeness (QED) is 0.760. The third-order valence-corrected chi connectivity index (χ3v) is 2.48. The predicted octanol–water partition coefficient (Wildman–Crippen LogP) is 1.73. The van der Waals surface area contributed by atoms with Crippen LogP contribution in [0.5, 0.6) is 5.75 Å². The lowest BCUT2D eigenvalue weighted by Gasteiger charge is -2.10. The summed E-state index contributed by atoms with van der Waals surface area (Å²) in [5, 5.41) is 6.09. The van der Waals surface area contributed by atoms with E-state index in [2.05, 4.69) is 29.5 Å². The van der Waals surface area contributed by atoms with E-state index in [1.165, 1.54) is 0 Å².